The van der Waals surface area contributed by atoms with Crippen molar-refractivity contribution >= 4 is 28.5 Å². The molecule has 2 amide bonds. The van der Waals surface area contributed by atoms with E-state index in [1.165, 1.54) is 25.5 Å². The molecule has 0 radical (unpaired) electrons. The van der Waals surface area contributed by atoms with Crippen LogP contribution in [-0.2, 0) is 16.1 Å². The van der Waals surface area contributed by atoms with Gasteiger partial charge in [0.25, 0.3) is 0 Å². The minimum atomic E-state index is -0.537. The summed E-state index contributed by atoms with van der Waals surface area (Å²) in [5.74, 6) is -0.205. The van der Waals surface area contributed by atoms with Crippen LogP contribution in [0.25, 0.3) is 10.9 Å². The van der Waals surface area contributed by atoms with Gasteiger partial charge in [-0.05, 0) is 70.2 Å². The second-order valence-corrected chi connectivity index (χ2v) is 10.8. The van der Waals surface area contributed by atoms with Crippen molar-refractivity contribution in [3.05, 3.63) is 35.8 Å². The predicted octanol–water partition coefficient (Wildman–Crippen LogP) is 3.89. The van der Waals surface area contributed by atoms with Gasteiger partial charge >= 0.3 is 0 Å². The third kappa shape index (κ3) is 5.48. The van der Waals surface area contributed by atoms with Gasteiger partial charge in [0, 0.05) is 41.8 Å². The molecule has 2 heterocycles. The molecule has 2 fully saturated rings. The Morgan fingerprint density at radius 2 is 1.89 bits per heavy atom. The Hall–Kier alpha value is -2.74. The molecular weight excluding hydrogens is 459 g/mol. The monoisotopic (exact) mass is 498 g/mol. The molecule has 196 valence electrons. The van der Waals surface area contributed by atoms with E-state index >= 15 is 0 Å². The maximum atomic E-state index is 14.0. The number of carbonyl (C=O) groups excluding carboxylic acids is 3. The number of aromatic nitrogens is 1. The van der Waals surface area contributed by atoms with Crippen LogP contribution in [0.3, 0.4) is 0 Å². The number of rotatable bonds is 8. The third-order valence-electron chi connectivity index (χ3n) is 8.05. The van der Waals surface area contributed by atoms with Crippen molar-refractivity contribution in [1.82, 2.24) is 20.1 Å². The Labute approximate surface area is 212 Å². The van der Waals surface area contributed by atoms with Gasteiger partial charge in [-0.15, -0.1) is 0 Å². The maximum absolute atomic E-state index is 14.0. The highest BCUT2D eigenvalue weighted by Gasteiger charge is 2.40. The molecule has 1 aliphatic carbocycles. The molecule has 2 N–H and O–H groups in total. The summed E-state index contributed by atoms with van der Waals surface area (Å²) in [6.07, 6.45) is 7.81. The SMILES string of the molecule is CN[C@@H](C)C(=O)N[C@H](C(=O)N1C[C@@H](C)C[C@H]1Cn1cc(C(C)=O)c2cc(F)ccc21)C1CCCCC1. The van der Waals surface area contributed by atoms with Crippen LogP contribution in [-0.4, -0.2) is 58.8 Å². The first kappa shape index (κ1) is 26.3. The van der Waals surface area contributed by atoms with Crippen LogP contribution in [0.5, 0.6) is 0 Å². The minimum Gasteiger partial charge on any atom is -0.345 e. The molecule has 8 heteroatoms. The van der Waals surface area contributed by atoms with E-state index in [0.717, 1.165) is 37.6 Å². The lowest BCUT2D eigenvalue weighted by Crippen LogP contribution is -2.56. The standard InChI is InChI=1S/C28H39FN4O3/c1-17-12-22(15-32-16-24(19(3)34)23-13-21(29)10-11-25(23)32)33(14-17)28(36)26(20-8-6-5-7-9-20)31-27(35)18(2)30-4/h10-11,13,16-18,20,22,26,30H,5-9,12,14-15H2,1-4H3,(H,31,35)/t17-,18-,22-,26-/m0/s1. The summed E-state index contributed by atoms with van der Waals surface area (Å²) in [6.45, 7) is 6.58. The van der Waals surface area contributed by atoms with Gasteiger partial charge in [-0.3, -0.25) is 14.4 Å². The number of amides is 2. The van der Waals surface area contributed by atoms with E-state index in [4.69, 9.17) is 0 Å². The number of ketones is 1. The van der Waals surface area contributed by atoms with Gasteiger partial charge in [-0.2, -0.15) is 0 Å². The number of likely N-dealkylation sites (tertiary alicyclic amines) is 1. The fourth-order valence-corrected chi connectivity index (χ4v) is 5.96. The largest absolute Gasteiger partial charge is 0.345 e. The number of likely N-dealkylation sites (N-methyl/N-ethyl adjacent to an activating group) is 1. The topological polar surface area (TPSA) is 83.4 Å². The maximum Gasteiger partial charge on any atom is 0.245 e. The van der Waals surface area contributed by atoms with Crippen LogP contribution in [0, 0.1) is 17.7 Å². The number of halogens is 1. The zero-order valence-corrected chi connectivity index (χ0v) is 21.9. The minimum absolute atomic E-state index is 0.0119. The molecule has 7 nitrogen and oxygen atoms in total. The molecule has 2 aromatic rings. The zero-order chi connectivity index (χ0) is 26.0. The number of nitrogens with zero attached hydrogens (tertiary/aromatic N) is 2. The van der Waals surface area contributed by atoms with Crippen molar-refractivity contribution in [1.29, 1.82) is 0 Å². The quantitative estimate of drug-likeness (QED) is 0.541. The molecule has 0 spiro atoms. The lowest BCUT2D eigenvalue weighted by atomic mass is 9.83. The average molecular weight is 499 g/mol. The van der Waals surface area contributed by atoms with Crippen molar-refractivity contribution in [2.24, 2.45) is 11.8 Å². The van der Waals surface area contributed by atoms with E-state index in [1.54, 1.807) is 26.2 Å². The number of Topliss-reactive ketones (excluding diaryl/α,β-unsaturated/α-hetero) is 1. The number of fused-ring (bicyclic) bond motifs is 1. The lowest BCUT2D eigenvalue weighted by Gasteiger charge is -2.35. The van der Waals surface area contributed by atoms with Crippen molar-refractivity contribution in [3.63, 3.8) is 0 Å². The van der Waals surface area contributed by atoms with Crippen LogP contribution >= 0.6 is 0 Å². The van der Waals surface area contributed by atoms with Crippen molar-refractivity contribution in [3.8, 4) is 0 Å². The third-order valence-corrected chi connectivity index (χ3v) is 8.05. The number of benzene rings is 1. The van der Waals surface area contributed by atoms with E-state index in [9.17, 15) is 18.8 Å². The van der Waals surface area contributed by atoms with Gasteiger partial charge < -0.3 is 20.1 Å². The summed E-state index contributed by atoms with van der Waals surface area (Å²) in [5.41, 5.74) is 1.27. The second kappa shape index (κ2) is 11.1. The van der Waals surface area contributed by atoms with Crippen molar-refractivity contribution in [2.45, 2.75) is 84.0 Å². The number of hydrogen-bond acceptors (Lipinski definition) is 4. The number of hydrogen-bond donors (Lipinski definition) is 2. The van der Waals surface area contributed by atoms with Crippen molar-refractivity contribution in [2.75, 3.05) is 13.6 Å². The molecule has 1 aromatic carbocycles. The molecule has 36 heavy (non-hydrogen) atoms. The van der Waals surface area contributed by atoms with E-state index in [-0.39, 0.29) is 41.4 Å². The first-order valence-electron chi connectivity index (χ1n) is 13.3. The van der Waals surface area contributed by atoms with Gasteiger partial charge in [0.1, 0.15) is 11.9 Å². The van der Waals surface area contributed by atoms with Crippen LogP contribution in [0.4, 0.5) is 4.39 Å². The Balaban J connectivity index is 1.61. The Morgan fingerprint density at radius 1 is 1.17 bits per heavy atom. The van der Waals surface area contributed by atoms with Crippen molar-refractivity contribution < 1.29 is 18.8 Å². The van der Waals surface area contributed by atoms with E-state index in [1.807, 2.05) is 9.47 Å². The molecular formula is C28H39FN4O3. The first-order chi connectivity index (χ1) is 17.2. The Bertz CT molecular complexity index is 1120. The molecule has 4 atom stereocenters. The highest BCUT2D eigenvalue weighted by atomic mass is 19.1. The van der Waals surface area contributed by atoms with E-state index in [2.05, 4.69) is 17.6 Å². The lowest BCUT2D eigenvalue weighted by molar-refractivity contribution is -0.139. The molecule has 1 aromatic heterocycles. The van der Waals surface area contributed by atoms with E-state index < -0.39 is 6.04 Å². The van der Waals surface area contributed by atoms with Gasteiger partial charge in [-0.25, -0.2) is 4.39 Å². The summed E-state index contributed by atoms with van der Waals surface area (Å²) in [6, 6.07) is 3.52. The smallest absolute Gasteiger partial charge is 0.245 e. The summed E-state index contributed by atoms with van der Waals surface area (Å²) >= 11 is 0. The fraction of sp³-hybridized carbons (Fsp3) is 0.607. The normalized spacial score (nSPS) is 22.5. The van der Waals surface area contributed by atoms with Gasteiger partial charge in [0.2, 0.25) is 11.8 Å². The molecule has 2 aliphatic rings. The second-order valence-electron chi connectivity index (χ2n) is 10.8. The molecule has 0 unspecified atom stereocenters. The summed E-state index contributed by atoms with van der Waals surface area (Å²) < 4.78 is 15.9. The Kier molecular flexibility index (Phi) is 8.13. The highest BCUT2D eigenvalue weighted by molar-refractivity contribution is 6.07. The van der Waals surface area contributed by atoms with Gasteiger partial charge in [0.15, 0.2) is 5.78 Å². The molecule has 1 saturated carbocycles. The predicted molar refractivity (Wildman–Crippen MR) is 138 cm³/mol. The molecule has 1 saturated heterocycles. The van der Waals surface area contributed by atoms with Crippen LogP contribution < -0.4 is 10.6 Å². The van der Waals surface area contributed by atoms with Crippen LogP contribution in [0.1, 0.15) is 69.7 Å². The fourth-order valence-electron chi connectivity index (χ4n) is 5.96. The van der Waals surface area contributed by atoms with Crippen LogP contribution in [0.2, 0.25) is 0 Å². The molecule has 0 bridgehead atoms. The van der Waals surface area contributed by atoms with E-state index in [0.29, 0.717) is 30.0 Å². The number of carbonyl (C=O) groups is 3. The molecule has 4 rings (SSSR count). The summed E-state index contributed by atoms with van der Waals surface area (Å²) in [4.78, 5) is 41.0. The zero-order valence-electron chi connectivity index (χ0n) is 21.9. The average Bonchev–Trinajstić information content (AvgIpc) is 3.41. The summed E-state index contributed by atoms with van der Waals surface area (Å²) in [5, 5.41) is 6.65. The molecule has 1 aliphatic heterocycles. The number of nitrogens with one attached hydrogen (secondary N) is 2. The Morgan fingerprint density at radius 3 is 2.56 bits per heavy atom. The van der Waals surface area contributed by atoms with Gasteiger partial charge in [0.05, 0.1) is 6.04 Å². The van der Waals surface area contributed by atoms with Crippen LogP contribution in [0.15, 0.2) is 24.4 Å². The van der Waals surface area contributed by atoms with Gasteiger partial charge in [-0.1, -0.05) is 26.2 Å². The first-order valence-corrected chi connectivity index (χ1v) is 13.3. The summed E-state index contributed by atoms with van der Waals surface area (Å²) in [7, 11) is 1.74. The highest BCUT2D eigenvalue weighted by Crippen LogP contribution is 2.32.